The number of benzene rings is 1. The lowest BCUT2D eigenvalue weighted by Crippen LogP contribution is -2.50. The highest BCUT2D eigenvalue weighted by Gasteiger charge is 2.24. The Bertz CT molecular complexity index is 580. The van der Waals surface area contributed by atoms with Crippen molar-refractivity contribution in [3.8, 4) is 6.07 Å². The van der Waals surface area contributed by atoms with Crippen LogP contribution in [0.3, 0.4) is 0 Å². The molecule has 1 atom stereocenters. The number of amides is 1. The zero-order chi connectivity index (χ0) is 16.8. The number of carbonyl (C=O) groups excluding carboxylic acids is 1. The van der Waals surface area contributed by atoms with Gasteiger partial charge in [-0.1, -0.05) is 12.1 Å². The number of aryl methyl sites for hydroxylation is 1. The molecule has 0 saturated carbocycles. The van der Waals surface area contributed by atoms with E-state index < -0.39 is 0 Å². The van der Waals surface area contributed by atoms with E-state index in [1.54, 1.807) is 0 Å². The number of hydrogen-bond donors (Lipinski definition) is 0. The Morgan fingerprint density at radius 2 is 1.96 bits per heavy atom. The van der Waals surface area contributed by atoms with Gasteiger partial charge in [-0.05, 0) is 37.0 Å². The lowest BCUT2D eigenvalue weighted by molar-refractivity contribution is -0.133. The van der Waals surface area contributed by atoms with Crippen LogP contribution >= 0.6 is 0 Å². The van der Waals surface area contributed by atoms with Gasteiger partial charge in [0.2, 0.25) is 5.91 Å². The minimum Gasteiger partial charge on any atom is -0.377 e. The minimum absolute atomic E-state index is 0.233. The van der Waals surface area contributed by atoms with Gasteiger partial charge in [0.15, 0.2) is 0 Å². The summed E-state index contributed by atoms with van der Waals surface area (Å²) in [5.74, 6) is 0.233. The van der Waals surface area contributed by atoms with Crippen LogP contribution in [0.25, 0.3) is 0 Å². The first kappa shape index (κ1) is 16.9. The van der Waals surface area contributed by atoms with Crippen molar-refractivity contribution >= 4 is 5.91 Å². The van der Waals surface area contributed by atoms with Crippen LogP contribution in [-0.4, -0.2) is 61.1 Å². The number of nitrogens with zero attached hydrogens (tertiary/aromatic N) is 3. The van der Waals surface area contributed by atoms with Gasteiger partial charge in [0, 0.05) is 45.8 Å². The molecule has 0 aromatic heterocycles. The van der Waals surface area contributed by atoms with Gasteiger partial charge in [-0.25, -0.2) is 0 Å². The Morgan fingerprint density at radius 3 is 2.58 bits per heavy atom. The second-order valence-corrected chi connectivity index (χ2v) is 6.63. The third-order valence-corrected chi connectivity index (χ3v) is 4.92. The molecule has 128 valence electrons. The summed E-state index contributed by atoms with van der Waals surface area (Å²) >= 11 is 0. The van der Waals surface area contributed by atoms with Gasteiger partial charge in [0.1, 0.15) is 0 Å². The number of ether oxygens (including phenoxy) is 1. The zero-order valence-corrected chi connectivity index (χ0v) is 14.1. The van der Waals surface area contributed by atoms with Gasteiger partial charge < -0.3 is 9.64 Å². The van der Waals surface area contributed by atoms with Crippen molar-refractivity contribution in [3.63, 3.8) is 0 Å². The van der Waals surface area contributed by atoms with Gasteiger partial charge in [0.25, 0.3) is 0 Å². The van der Waals surface area contributed by atoms with E-state index in [1.165, 1.54) is 12.8 Å². The van der Waals surface area contributed by atoms with E-state index in [-0.39, 0.29) is 5.91 Å². The third kappa shape index (κ3) is 4.56. The second kappa shape index (κ2) is 8.27. The fraction of sp³-hybridized carbons (Fsp3) is 0.579. The topological polar surface area (TPSA) is 56.6 Å². The Morgan fingerprint density at radius 1 is 1.21 bits per heavy atom. The zero-order valence-electron chi connectivity index (χ0n) is 14.1. The summed E-state index contributed by atoms with van der Waals surface area (Å²) in [6.45, 7) is 5.44. The third-order valence-electron chi connectivity index (χ3n) is 4.92. The van der Waals surface area contributed by atoms with Crippen LogP contribution in [0.15, 0.2) is 24.3 Å². The van der Waals surface area contributed by atoms with E-state index in [1.807, 2.05) is 29.2 Å². The largest absolute Gasteiger partial charge is 0.377 e. The summed E-state index contributed by atoms with van der Waals surface area (Å²) in [5, 5.41) is 8.81. The van der Waals surface area contributed by atoms with Crippen molar-refractivity contribution in [1.82, 2.24) is 9.80 Å². The standard InChI is InChI=1S/C19H25N3O2/c20-14-17-5-3-16(4-6-17)7-8-19(23)22-11-9-21(10-12-22)15-18-2-1-13-24-18/h3-6,18H,1-2,7-13,15H2. The Labute approximate surface area is 143 Å². The first-order chi connectivity index (χ1) is 11.7. The molecule has 0 spiro atoms. The molecule has 1 amide bonds. The average Bonchev–Trinajstić information content (AvgIpc) is 3.14. The monoisotopic (exact) mass is 327 g/mol. The Kier molecular flexibility index (Phi) is 5.84. The molecule has 0 N–H and O–H groups in total. The lowest BCUT2D eigenvalue weighted by atomic mass is 10.1. The van der Waals surface area contributed by atoms with Crippen molar-refractivity contribution in [2.24, 2.45) is 0 Å². The maximum Gasteiger partial charge on any atom is 0.222 e. The molecule has 0 aliphatic carbocycles. The van der Waals surface area contributed by atoms with Gasteiger partial charge in [-0.15, -0.1) is 0 Å². The summed E-state index contributed by atoms with van der Waals surface area (Å²) in [7, 11) is 0. The van der Waals surface area contributed by atoms with Crippen LogP contribution in [0, 0.1) is 11.3 Å². The maximum atomic E-state index is 12.4. The highest BCUT2D eigenvalue weighted by Crippen LogP contribution is 2.15. The first-order valence-corrected chi connectivity index (χ1v) is 8.85. The molecule has 3 rings (SSSR count). The van der Waals surface area contributed by atoms with Gasteiger partial charge in [0.05, 0.1) is 17.7 Å². The molecule has 2 fully saturated rings. The number of hydrogen-bond acceptors (Lipinski definition) is 4. The first-order valence-electron chi connectivity index (χ1n) is 8.85. The molecule has 24 heavy (non-hydrogen) atoms. The van der Waals surface area contributed by atoms with E-state index in [0.717, 1.165) is 51.3 Å². The van der Waals surface area contributed by atoms with Crippen LogP contribution in [-0.2, 0) is 16.0 Å². The van der Waals surface area contributed by atoms with E-state index in [9.17, 15) is 4.79 Å². The molecule has 5 heteroatoms. The summed E-state index contributed by atoms with van der Waals surface area (Å²) in [6, 6.07) is 9.60. The molecular weight excluding hydrogens is 302 g/mol. The molecule has 0 radical (unpaired) electrons. The van der Waals surface area contributed by atoms with Crippen LogP contribution < -0.4 is 0 Å². The number of rotatable bonds is 5. The molecular formula is C19H25N3O2. The lowest BCUT2D eigenvalue weighted by Gasteiger charge is -2.35. The van der Waals surface area contributed by atoms with Gasteiger partial charge in [-0.2, -0.15) is 5.26 Å². The molecule has 2 aliphatic heterocycles. The molecule has 1 unspecified atom stereocenters. The SMILES string of the molecule is N#Cc1ccc(CCC(=O)N2CCN(CC3CCCO3)CC2)cc1. The maximum absolute atomic E-state index is 12.4. The van der Waals surface area contributed by atoms with Crippen molar-refractivity contribution in [2.45, 2.75) is 31.8 Å². The van der Waals surface area contributed by atoms with Crippen molar-refractivity contribution in [1.29, 1.82) is 5.26 Å². The summed E-state index contributed by atoms with van der Waals surface area (Å²) in [6.07, 6.45) is 4.02. The number of nitriles is 1. The summed E-state index contributed by atoms with van der Waals surface area (Å²) < 4.78 is 5.69. The van der Waals surface area contributed by atoms with Crippen LogP contribution in [0.5, 0.6) is 0 Å². The van der Waals surface area contributed by atoms with E-state index in [2.05, 4.69) is 11.0 Å². The van der Waals surface area contributed by atoms with E-state index in [0.29, 0.717) is 18.1 Å². The number of piperazine rings is 1. The molecule has 5 nitrogen and oxygen atoms in total. The summed E-state index contributed by atoms with van der Waals surface area (Å²) in [5.41, 5.74) is 1.77. The highest BCUT2D eigenvalue weighted by molar-refractivity contribution is 5.76. The van der Waals surface area contributed by atoms with E-state index in [4.69, 9.17) is 10.00 Å². The normalized spacial score (nSPS) is 21.6. The van der Waals surface area contributed by atoms with Crippen molar-refractivity contribution < 1.29 is 9.53 Å². The molecule has 2 aliphatic rings. The van der Waals surface area contributed by atoms with Gasteiger partial charge in [-0.3, -0.25) is 9.69 Å². The second-order valence-electron chi connectivity index (χ2n) is 6.63. The van der Waals surface area contributed by atoms with Crippen LogP contribution in [0.4, 0.5) is 0 Å². The highest BCUT2D eigenvalue weighted by atomic mass is 16.5. The Hall–Kier alpha value is -1.90. The Balaban J connectivity index is 1.39. The van der Waals surface area contributed by atoms with Gasteiger partial charge >= 0.3 is 0 Å². The predicted molar refractivity (Wildman–Crippen MR) is 91.5 cm³/mol. The molecule has 2 saturated heterocycles. The fourth-order valence-electron chi connectivity index (χ4n) is 3.41. The predicted octanol–water partition coefficient (Wildman–Crippen LogP) is 1.81. The molecule has 1 aromatic rings. The van der Waals surface area contributed by atoms with Crippen molar-refractivity contribution in [2.75, 3.05) is 39.3 Å². The molecule has 0 bridgehead atoms. The smallest absolute Gasteiger partial charge is 0.222 e. The van der Waals surface area contributed by atoms with E-state index >= 15 is 0 Å². The minimum atomic E-state index is 0.233. The van der Waals surface area contributed by atoms with Crippen molar-refractivity contribution in [3.05, 3.63) is 35.4 Å². The molecule has 1 aromatic carbocycles. The fourth-order valence-corrected chi connectivity index (χ4v) is 3.41. The number of carbonyl (C=O) groups is 1. The van der Waals surface area contributed by atoms with Crippen LogP contribution in [0.2, 0.25) is 0 Å². The molecule has 2 heterocycles. The summed E-state index contributed by atoms with van der Waals surface area (Å²) in [4.78, 5) is 16.8. The average molecular weight is 327 g/mol. The van der Waals surface area contributed by atoms with Crippen LogP contribution in [0.1, 0.15) is 30.4 Å². The quantitative estimate of drug-likeness (QED) is 0.828.